The van der Waals surface area contributed by atoms with Crippen molar-refractivity contribution in [1.82, 2.24) is 15.4 Å². The summed E-state index contributed by atoms with van der Waals surface area (Å²) in [5, 5.41) is 7.34. The van der Waals surface area contributed by atoms with Gasteiger partial charge in [0.15, 0.2) is 15.5 Å². The number of hydrogen-bond donors (Lipinski definition) is 1. The summed E-state index contributed by atoms with van der Waals surface area (Å²) in [5.74, 6) is -0.122. The number of piperidine rings is 1. The summed E-state index contributed by atoms with van der Waals surface area (Å²) in [7, 11) is -3.35. The summed E-state index contributed by atoms with van der Waals surface area (Å²) < 4.78 is 29.3. The van der Waals surface area contributed by atoms with Crippen molar-refractivity contribution in [2.75, 3.05) is 24.6 Å². The Bertz CT molecular complexity index is 1260. The van der Waals surface area contributed by atoms with Crippen LogP contribution in [0.5, 0.6) is 0 Å². The monoisotopic (exact) mass is 499 g/mol. The van der Waals surface area contributed by atoms with Gasteiger partial charge < -0.3 is 14.7 Å². The second-order valence-electron chi connectivity index (χ2n) is 10.3. The molecular formula is C26H33N3O5S. The molecule has 5 rings (SSSR count). The van der Waals surface area contributed by atoms with Crippen molar-refractivity contribution in [1.29, 1.82) is 0 Å². The Labute approximate surface area is 206 Å². The highest BCUT2D eigenvalue weighted by atomic mass is 32.2. The van der Waals surface area contributed by atoms with Gasteiger partial charge in [0.25, 0.3) is 5.91 Å². The van der Waals surface area contributed by atoms with E-state index in [1.54, 1.807) is 11.8 Å². The van der Waals surface area contributed by atoms with Crippen LogP contribution in [0, 0.1) is 6.92 Å². The van der Waals surface area contributed by atoms with Crippen molar-refractivity contribution in [3.05, 3.63) is 51.9 Å². The molecule has 2 aromatic rings. The molecule has 0 bridgehead atoms. The van der Waals surface area contributed by atoms with Crippen LogP contribution in [0.4, 0.5) is 0 Å². The summed E-state index contributed by atoms with van der Waals surface area (Å²) in [6.45, 7) is 4.65. The highest BCUT2D eigenvalue weighted by Gasteiger charge is 2.47. The summed E-state index contributed by atoms with van der Waals surface area (Å²) in [6.07, 6.45) is 6.00. The molecule has 3 aliphatic rings. The second-order valence-corrected chi connectivity index (χ2v) is 12.7. The van der Waals surface area contributed by atoms with Gasteiger partial charge >= 0.3 is 0 Å². The Morgan fingerprint density at radius 1 is 1.20 bits per heavy atom. The number of amides is 2. The topological polar surface area (TPSA) is 110 Å². The Morgan fingerprint density at radius 2 is 1.94 bits per heavy atom. The molecule has 1 aromatic carbocycles. The molecule has 0 radical (unpaired) electrons. The van der Waals surface area contributed by atoms with Crippen LogP contribution in [0.3, 0.4) is 0 Å². The fraction of sp³-hybridized carbons (Fsp3) is 0.577. The number of rotatable bonds is 5. The van der Waals surface area contributed by atoms with Gasteiger partial charge in [0.05, 0.1) is 6.04 Å². The van der Waals surface area contributed by atoms with E-state index in [2.05, 4.69) is 28.7 Å². The van der Waals surface area contributed by atoms with Gasteiger partial charge in [-0.15, -0.1) is 0 Å². The number of sulfone groups is 1. The van der Waals surface area contributed by atoms with Crippen LogP contribution < -0.4 is 5.32 Å². The van der Waals surface area contributed by atoms with Gasteiger partial charge in [-0.05, 0) is 56.6 Å². The third kappa shape index (κ3) is 4.50. The fourth-order valence-corrected chi connectivity index (χ4v) is 6.78. The third-order valence-corrected chi connectivity index (χ3v) is 9.64. The maximum Gasteiger partial charge on any atom is 0.274 e. The zero-order chi connectivity index (χ0) is 24.8. The first-order valence-electron chi connectivity index (χ1n) is 12.6. The smallest absolute Gasteiger partial charge is 0.274 e. The summed E-state index contributed by atoms with van der Waals surface area (Å²) in [5.41, 5.74) is 4.70. The number of likely N-dealkylation sites (tertiary alicyclic amines) is 1. The molecule has 1 N–H and O–H groups in total. The number of hydrogen-bond acceptors (Lipinski definition) is 6. The molecule has 1 spiro atoms. The fourth-order valence-electron chi connectivity index (χ4n) is 6.02. The van der Waals surface area contributed by atoms with Gasteiger partial charge in [-0.25, -0.2) is 8.42 Å². The van der Waals surface area contributed by atoms with Crippen LogP contribution in [-0.4, -0.2) is 54.9 Å². The lowest BCUT2D eigenvalue weighted by Gasteiger charge is -2.40. The van der Waals surface area contributed by atoms with E-state index in [0.717, 1.165) is 67.4 Å². The minimum atomic E-state index is -3.35. The van der Waals surface area contributed by atoms with E-state index in [1.165, 1.54) is 5.56 Å². The number of benzene rings is 1. The van der Waals surface area contributed by atoms with Crippen molar-refractivity contribution in [3.8, 4) is 0 Å². The minimum absolute atomic E-state index is 0.0284. The highest BCUT2D eigenvalue weighted by molar-refractivity contribution is 7.92. The molecule has 35 heavy (non-hydrogen) atoms. The van der Waals surface area contributed by atoms with Gasteiger partial charge in [0, 0.05) is 36.2 Å². The van der Waals surface area contributed by atoms with Crippen molar-refractivity contribution in [2.45, 2.75) is 70.3 Å². The number of nitrogens with one attached hydrogen (secondary N) is 1. The standard InChI is InChI=1S/C26H33N3O5S/c1-3-35(32,33)16-23(30)29-12-10-26(11-13-29)15-21(19-14-17(2)8-9-20(19)26)27-25(31)24-18-6-4-5-7-22(18)34-28-24/h8-9,14,21H,3-7,10-13,15-16H2,1-2H3,(H,27,31). The molecule has 9 heteroatoms. The molecule has 2 aliphatic carbocycles. The summed E-state index contributed by atoms with van der Waals surface area (Å²) in [4.78, 5) is 27.5. The van der Waals surface area contributed by atoms with Gasteiger partial charge in [-0.2, -0.15) is 0 Å². The molecule has 8 nitrogen and oxygen atoms in total. The second kappa shape index (κ2) is 9.08. The van der Waals surface area contributed by atoms with Crippen molar-refractivity contribution in [3.63, 3.8) is 0 Å². The molecule has 2 heterocycles. The number of nitrogens with zero attached hydrogens (tertiary/aromatic N) is 2. The van der Waals surface area contributed by atoms with Gasteiger partial charge in [0.1, 0.15) is 11.5 Å². The average Bonchev–Trinajstić information content (AvgIpc) is 3.39. The number of carbonyl (C=O) groups excluding carboxylic acids is 2. The average molecular weight is 500 g/mol. The molecule has 188 valence electrons. The molecule has 1 saturated heterocycles. The van der Waals surface area contributed by atoms with Crippen molar-refractivity contribution < 1.29 is 22.5 Å². The number of carbonyl (C=O) groups is 2. The molecule has 1 aliphatic heterocycles. The van der Waals surface area contributed by atoms with E-state index >= 15 is 0 Å². The van der Waals surface area contributed by atoms with Crippen LogP contribution in [0.2, 0.25) is 0 Å². The van der Waals surface area contributed by atoms with Crippen LogP contribution in [0.1, 0.15) is 83.6 Å². The predicted molar refractivity (Wildman–Crippen MR) is 131 cm³/mol. The normalized spacial score (nSPS) is 21.0. The Hall–Kier alpha value is -2.68. The lowest BCUT2D eigenvalue weighted by molar-refractivity contribution is -0.130. The lowest BCUT2D eigenvalue weighted by Crippen LogP contribution is -2.46. The quantitative estimate of drug-likeness (QED) is 0.677. The molecule has 1 fully saturated rings. The Morgan fingerprint density at radius 3 is 2.69 bits per heavy atom. The van der Waals surface area contributed by atoms with Crippen molar-refractivity contribution >= 4 is 21.7 Å². The Kier molecular flexibility index (Phi) is 6.23. The Balaban J connectivity index is 1.34. The third-order valence-electron chi connectivity index (χ3n) is 8.08. The molecule has 0 saturated carbocycles. The van der Waals surface area contributed by atoms with E-state index in [4.69, 9.17) is 4.52 Å². The van der Waals surface area contributed by atoms with E-state index < -0.39 is 15.6 Å². The highest BCUT2D eigenvalue weighted by Crippen LogP contribution is 2.51. The lowest BCUT2D eigenvalue weighted by atomic mass is 9.73. The minimum Gasteiger partial charge on any atom is -0.360 e. The largest absolute Gasteiger partial charge is 0.360 e. The van der Waals surface area contributed by atoms with Crippen LogP contribution in [0.25, 0.3) is 0 Å². The maximum atomic E-state index is 13.3. The first kappa shape index (κ1) is 24.0. The van der Waals surface area contributed by atoms with Gasteiger partial charge in [-0.3, -0.25) is 9.59 Å². The first-order valence-corrected chi connectivity index (χ1v) is 14.4. The first-order chi connectivity index (χ1) is 16.7. The molecule has 2 amide bonds. The van der Waals surface area contributed by atoms with Gasteiger partial charge in [-0.1, -0.05) is 35.8 Å². The molecule has 1 unspecified atom stereocenters. The summed E-state index contributed by atoms with van der Waals surface area (Å²) >= 11 is 0. The van der Waals surface area contributed by atoms with Crippen LogP contribution >= 0.6 is 0 Å². The zero-order valence-electron chi connectivity index (χ0n) is 20.4. The predicted octanol–water partition coefficient (Wildman–Crippen LogP) is 3.03. The molecular weight excluding hydrogens is 466 g/mol. The molecule has 1 atom stereocenters. The number of aromatic nitrogens is 1. The van der Waals surface area contributed by atoms with Crippen molar-refractivity contribution in [2.24, 2.45) is 0 Å². The molecule has 1 aromatic heterocycles. The summed E-state index contributed by atoms with van der Waals surface area (Å²) in [6, 6.07) is 6.27. The van der Waals surface area contributed by atoms with Gasteiger partial charge in [0.2, 0.25) is 5.91 Å². The van der Waals surface area contributed by atoms with E-state index in [0.29, 0.717) is 18.8 Å². The number of aryl methyl sites for hydroxylation is 2. The SMILES string of the molecule is CCS(=O)(=O)CC(=O)N1CCC2(CC1)CC(NC(=O)c1noc3c1CCCC3)c1cc(C)ccc12. The van der Waals surface area contributed by atoms with Crippen LogP contribution in [-0.2, 0) is 32.9 Å². The van der Waals surface area contributed by atoms with E-state index in [1.807, 2.05) is 6.92 Å². The van der Waals surface area contributed by atoms with Crippen LogP contribution in [0.15, 0.2) is 22.7 Å². The van der Waals surface area contributed by atoms with E-state index in [-0.39, 0.29) is 29.0 Å². The number of fused-ring (bicyclic) bond motifs is 3. The van der Waals surface area contributed by atoms with E-state index in [9.17, 15) is 18.0 Å². The maximum absolute atomic E-state index is 13.3. The zero-order valence-corrected chi connectivity index (χ0v) is 21.2.